The van der Waals surface area contributed by atoms with Crippen molar-refractivity contribution in [2.45, 2.75) is 53.9 Å². The fourth-order valence-corrected chi connectivity index (χ4v) is 1.42. The van der Waals surface area contributed by atoms with Crippen molar-refractivity contribution >= 4 is 30.0 Å². The Kier molecular flexibility index (Phi) is 34.2. The minimum atomic E-state index is -0.245. The molecule has 0 N–H and O–H groups in total. The van der Waals surface area contributed by atoms with Crippen LogP contribution in [-0.4, -0.2) is 76.2 Å². The molecule has 0 saturated carbocycles. The van der Waals surface area contributed by atoms with Crippen molar-refractivity contribution in [2.75, 3.05) is 41.3 Å². The van der Waals surface area contributed by atoms with Crippen molar-refractivity contribution in [3.05, 3.63) is 0 Å². The van der Waals surface area contributed by atoms with E-state index in [2.05, 4.69) is 26.7 Å². The van der Waals surface area contributed by atoms with Crippen LogP contribution in [-0.2, 0) is 19.1 Å². The Morgan fingerprint density at radius 3 is 1.23 bits per heavy atom. The van der Waals surface area contributed by atoms with Crippen molar-refractivity contribution in [3.63, 3.8) is 0 Å². The van der Waals surface area contributed by atoms with Gasteiger partial charge in [-0.25, -0.2) is 0 Å². The van der Waals surface area contributed by atoms with Gasteiger partial charge in [0.25, 0.3) is 0 Å². The van der Waals surface area contributed by atoms with Gasteiger partial charge in [-0.15, -0.1) is 0 Å². The minimum absolute atomic E-state index is 0.00231. The number of piperidine rings is 1. The summed E-state index contributed by atoms with van der Waals surface area (Å²) in [6.45, 7) is 10.9. The Morgan fingerprint density at radius 1 is 0.846 bits per heavy atom. The van der Waals surface area contributed by atoms with Gasteiger partial charge < -0.3 is 9.64 Å². The molecule has 0 unspecified atom stereocenters. The van der Waals surface area contributed by atoms with Crippen molar-refractivity contribution in [1.82, 2.24) is 4.90 Å². The lowest BCUT2D eigenvalue weighted by molar-refractivity contribution is -0.138. The van der Waals surface area contributed by atoms with E-state index in [9.17, 15) is 14.4 Å². The fraction of sp³-hybridized carbons (Fsp3) is 0.737. The topological polar surface area (TPSA) is 88.4 Å². The smallest absolute Gasteiger partial charge is 0.302 e. The molecule has 0 bridgehead atoms. The number of rotatable bonds is 2. The maximum Gasteiger partial charge on any atom is 0.302 e. The van der Waals surface area contributed by atoms with Gasteiger partial charge in [-0.05, 0) is 33.0 Å². The highest BCUT2D eigenvalue weighted by Gasteiger charge is 2.02. The van der Waals surface area contributed by atoms with E-state index in [0.29, 0.717) is 0 Å². The highest BCUT2D eigenvalue weighted by atomic mass is 16.5. The van der Waals surface area contributed by atoms with E-state index in [1.807, 2.05) is 13.8 Å². The quantitative estimate of drug-likeness (QED) is 0.548. The van der Waals surface area contributed by atoms with E-state index in [0.717, 1.165) is 0 Å². The number of nitrogens with zero attached hydrogens (tertiary/aromatic N) is 3. The summed E-state index contributed by atoms with van der Waals surface area (Å²) in [5, 5.41) is 0. The zero-order chi connectivity index (χ0) is 21.4. The molecule has 26 heavy (non-hydrogen) atoms. The standard InChI is InChI=1S/C6H13N.2C4H7NO.C3H6O2.C2H6/c1-7-5-3-2-4-6-7;2*1-4(6)3-5-2;1-3(4)5-2;1-2/h2-6H2,1H3;2*3H,1-2H3;1-2H3;1-2H3. The fourth-order valence-electron chi connectivity index (χ4n) is 1.42. The number of esters is 1. The van der Waals surface area contributed by atoms with Crippen LogP contribution in [0, 0.1) is 0 Å². The molecule has 0 amide bonds. The number of hydrogen-bond donors (Lipinski definition) is 0. The average molecular weight is 374 g/mol. The van der Waals surface area contributed by atoms with E-state index in [-0.39, 0.29) is 17.5 Å². The molecular formula is C19H39N3O4. The first-order valence-electron chi connectivity index (χ1n) is 8.79. The lowest BCUT2D eigenvalue weighted by Crippen LogP contribution is -2.24. The molecular weight excluding hydrogens is 334 g/mol. The number of methoxy groups -OCH3 is 1. The SMILES string of the molecule is CC.CN1CCCCC1.CN=CC(C)=O.CN=CC(C)=O.COC(C)=O. The number of ether oxygens (including phenoxy) is 1. The van der Waals surface area contributed by atoms with Crippen LogP contribution in [0.2, 0.25) is 0 Å². The maximum atomic E-state index is 9.89. The molecule has 0 aromatic rings. The summed E-state index contributed by atoms with van der Waals surface area (Å²) in [6.07, 6.45) is 6.83. The predicted molar refractivity (Wildman–Crippen MR) is 111 cm³/mol. The molecule has 1 aliphatic rings. The highest BCUT2D eigenvalue weighted by Crippen LogP contribution is 2.04. The molecule has 0 aliphatic carbocycles. The average Bonchev–Trinajstić information content (AvgIpc) is 2.59. The molecule has 154 valence electrons. The van der Waals surface area contributed by atoms with Crippen LogP contribution < -0.4 is 0 Å². The van der Waals surface area contributed by atoms with Gasteiger partial charge in [0.2, 0.25) is 0 Å². The monoisotopic (exact) mass is 373 g/mol. The van der Waals surface area contributed by atoms with Crippen LogP contribution in [0.5, 0.6) is 0 Å². The van der Waals surface area contributed by atoms with Gasteiger partial charge in [-0.3, -0.25) is 24.4 Å². The molecule has 7 heteroatoms. The number of ketones is 2. The summed E-state index contributed by atoms with van der Waals surface area (Å²) < 4.78 is 4.11. The Labute approximate surface area is 159 Å². The lowest BCUT2D eigenvalue weighted by Gasteiger charge is -2.20. The Morgan fingerprint density at radius 2 is 1.15 bits per heavy atom. The molecule has 0 spiro atoms. The summed E-state index contributed by atoms with van der Waals surface area (Å²) in [5.41, 5.74) is 0. The number of aliphatic imine (C=N–C) groups is 2. The molecule has 0 aromatic carbocycles. The second kappa shape index (κ2) is 27.9. The Hall–Kier alpha value is -1.89. The van der Waals surface area contributed by atoms with Crippen molar-refractivity contribution in [3.8, 4) is 0 Å². The molecule has 1 aliphatic heterocycles. The maximum absolute atomic E-state index is 9.89. The van der Waals surface area contributed by atoms with E-state index in [1.54, 1.807) is 14.1 Å². The van der Waals surface area contributed by atoms with E-state index >= 15 is 0 Å². The van der Waals surface area contributed by atoms with E-state index < -0.39 is 0 Å². The van der Waals surface area contributed by atoms with Crippen LogP contribution in [0.1, 0.15) is 53.9 Å². The van der Waals surface area contributed by atoms with E-state index in [1.165, 1.54) is 72.7 Å². The first kappa shape index (κ1) is 31.8. The summed E-state index contributed by atoms with van der Waals surface area (Å²) in [6, 6.07) is 0. The summed E-state index contributed by atoms with van der Waals surface area (Å²) in [4.78, 5) is 38.7. The number of carbonyl (C=O) groups excluding carboxylic acids is 3. The predicted octanol–water partition coefficient (Wildman–Crippen LogP) is 2.86. The van der Waals surface area contributed by atoms with Crippen molar-refractivity contribution in [1.29, 1.82) is 0 Å². The van der Waals surface area contributed by atoms with Crippen molar-refractivity contribution < 1.29 is 19.1 Å². The number of carbonyl (C=O) groups is 3. The molecule has 1 heterocycles. The largest absolute Gasteiger partial charge is 0.469 e. The molecule has 0 atom stereocenters. The van der Waals surface area contributed by atoms with Gasteiger partial charge in [0, 0.05) is 34.9 Å². The molecule has 1 rings (SSSR count). The molecule has 0 aromatic heterocycles. The third kappa shape index (κ3) is 49.5. The highest BCUT2D eigenvalue weighted by molar-refractivity contribution is 6.26. The summed E-state index contributed by atoms with van der Waals surface area (Å²) in [5.74, 6) is -0.250. The van der Waals surface area contributed by atoms with Gasteiger partial charge in [-0.2, -0.15) is 0 Å². The Bertz CT molecular complexity index is 366. The normalized spacial score (nSPS) is 12.8. The molecule has 0 radical (unpaired) electrons. The van der Waals surface area contributed by atoms with Gasteiger partial charge in [0.15, 0.2) is 11.6 Å². The molecule has 1 saturated heterocycles. The molecule has 1 fully saturated rings. The zero-order valence-corrected chi connectivity index (χ0v) is 18.2. The first-order valence-corrected chi connectivity index (χ1v) is 8.79. The third-order valence-electron chi connectivity index (χ3n) is 2.49. The second-order valence-electron chi connectivity index (χ2n) is 5.06. The van der Waals surface area contributed by atoms with E-state index in [4.69, 9.17) is 0 Å². The van der Waals surface area contributed by atoms with Crippen LogP contribution in [0.4, 0.5) is 0 Å². The second-order valence-corrected chi connectivity index (χ2v) is 5.06. The summed E-state index contributed by atoms with van der Waals surface area (Å²) >= 11 is 0. The van der Waals surface area contributed by atoms with Gasteiger partial charge in [-0.1, -0.05) is 20.3 Å². The number of likely N-dealkylation sites (tertiary alicyclic amines) is 1. The van der Waals surface area contributed by atoms with Crippen LogP contribution in [0.25, 0.3) is 0 Å². The first-order chi connectivity index (χ1) is 12.2. The minimum Gasteiger partial charge on any atom is -0.469 e. The zero-order valence-electron chi connectivity index (χ0n) is 18.2. The van der Waals surface area contributed by atoms with Crippen molar-refractivity contribution in [2.24, 2.45) is 9.98 Å². The summed E-state index contributed by atoms with van der Waals surface area (Å²) in [7, 11) is 6.68. The number of Topliss-reactive ketones (excluding diaryl/α,β-unsaturated/α-hetero) is 2. The van der Waals surface area contributed by atoms with Crippen LogP contribution in [0.3, 0.4) is 0 Å². The lowest BCUT2D eigenvalue weighted by atomic mass is 10.1. The number of hydrogen-bond acceptors (Lipinski definition) is 7. The van der Waals surface area contributed by atoms with Gasteiger partial charge >= 0.3 is 5.97 Å². The van der Waals surface area contributed by atoms with Crippen LogP contribution in [0.15, 0.2) is 9.98 Å². The van der Waals surface area contributed by atoms with Gasteiger partial charge in [0.1, 0.15) is 0 Å². The Balaban J connectivity index is -0.000000121. The van der Waals surface area contributed by atoms with Crippen LogP contribution >= 0.6 is 0 Å². The third-order valence-corrected chi connectivity index (χ3v) is 2.49. The molecule has 7 nitrogen and oxygen atoms in total. The van der Waals surface area contributed by atoms with Gasteiger partial charge in [0.05, 0.1) is 19.5 Å².